The van der Waals surface area contributed by atoms with Crippen molar-refractivity contribution in [3.63, 3.8) is 0 Å². The number of hydrogen-bond acceptors (Lipinski definition) is 1. The Morgan fingerprint density at radius 2 is 1.37 bits per heavy atom. The predicted octanol–water partition coefficient (Wildman–Crippen LogP) is 5.40. The fourth-order valence-electron chi connectivity index (χ4n) is 1.81. The standard InChI is InChI=1S/C18H33N/c1-15(2)9-7-10-17(5)11-8-12-18(6)13-14-19-16(3)4/h9,11,13,16,19H,7-8,10,12,14H2,1-6H3/b17-11+,18-13+. The fraction of sp³-hybridized carbons (Fsp3) is 0.667. The average molecular weight is 263 g/mol. The lowest BCUT2D eigenvalue weighted by Gasteiger charge is -2.05. The molecular formula is C18H33N. The van der Waals surface area contributed by atoms with E-state index in [1.165, 1.54) is 42.4 Å². The Labute approximate surface area is 120 Å². The van der Waals surface area contributed by atoms with Crippen molar-refractivity contribution < 1.29 is 0 Å². The van der Waals surface area contributed by atoms with Crippen LogP contribution >= 0.6 is 0 Å². The Balaban J connectivity index is 3.83. The van der Waals surface area contributed by atoms with Gasteiger partial charge in [0.05, 0.1) is 0 Å². The van der Waals surface area contributed by atoms with Crippen LogP contribution in [0.1, 0.15) is 67.2 Å². The van der Waals surface area contributed by atoms with Crippen molar-refractivity contribution in [2.75, 3.05) is 6.54 Å². The summed E-state index contributed by atoms with van der Waals surface area (Å²) in [6.07, 6.45) is 11.8. The molecule has 1 N–H and O–H groups in total. The third kappa shape index (κ3) is 13.4. The van der Waals surface area contributed by atoms with E-state index < -0.39 is 0 Å². The van der Waals surface area contributed by atoms with Crippen LogP contribution in [-0.4, -0.2) is 12.6 Å². The van der Waals surface area contributed by atoms with Gasteiger partial charge in [-0.1, -0.05) is 48.8 Å². The van der Waals surface area contributed by atoms with Crippen LogP contribution in [0.4, 0.5) is 0 Å². The molecule has 0 aliphatic rings. The summed E-state index contributed by atoms with van der Waals surface area (Å²) < 4.78 is 0. The fourth-order valence-corrected chi connectivity index (χ4v) is 1.81. The first-order valence-electron chi connectivity index (χ1n) is 7.59. The third-order valence-electron chi connectivity index (χ3n) is 3.10. The molecule has 0 amide bonds. The van der Waals surface area contributed by atoms with Crippen molar-refractivity contribution in [1.29, 1.82) is 0 Å². The molecule has 1 nitrogen and oxygen atoms in total. The van der Waals surface area contributed by atoms with Gasteiger partial charge >= 0.3 is 0 Å². The van der Waals surface area contributed by atoms with Gasteiger partial charge in [-0.15, -0.1) is 0 Å². The maximum absolute atomic E-state index is 3.42. The molecule has 0 aromatic heterocycles. The van der Waals surface area contributed by atoms with Gasteiger partial charge in [0.15, 0.2) is 0 Å². The topological polar surface area (TPSA) is 12.0 Å². The molecule has 0 fully saturated rings. The third-order valence-corrected chi connectivity index (χ3v) is 3.10. The predicted molar refractivity (Wildman–Crippen MR) is 88.6 cm³/mol. The van der Waals surface area contributed by atoms with Crippen molar-refractivity contribution in [1.82, 2.24) is 5.32 Å². The van der Waals surface area contributed by atoms with Crippen molar-refractivity contribution >= 4 is 0 Å². The molecule has 0 rings (SSSR count). The van der Waals surface area contributed by atoms with Crippen LogP contribution in [0, 0.1) is 0 Å². The molecule has 110 valence electrons. The highest BCUT2D eigenvalue weighted by Crippen LogP contribution is 2.11. The molecule has 0 unspecified atom stereocenters. The van der Waals surface area contributed by atoms with Gasteiger partial charge in [0.1, 0.15) is 0 Å². The van der Waals surface area contributed by atoms with Crippen LogP contribution < -0.4 is 5.32 Å². The molecule has 0 radical (unpaired) electrons. The summed E-state index contributed by atoms with van der Waals surface area (Å²) in [5.41, 5.74) is 4.43. The van der Waals surface area contributed by atoms with Crippen LogP contribution in [-0.2, 0) is 0 Å². The maximum atomic E-state index is 3.42. The average Bonchev–Trinajstić information content (AvgIpc) is 2.27. The molecular weight excluding hydrogens is 230 g/mol. The van der Waals surface area contributed by atoms with Crippen molar-refractivity contribution in [2.45, 2.75) is 73.3 Å². The maximum Gasteiger partial charge on any atom is 0.0139 e. The molecule has 0 bridgehead atoms. The van der Waals surface area contributed by atoms with Crippen LogP contribution in [0.25, 0.3) is 0 Å². The highest BCUT2D eigenvalue weighted by atomic mass is 14.9. The summed E-state index contributed by atoms with van der Waals surface area (Å²) in [5.74, 6) is 0. The van der Waals surface area contributed by atoms with E-state index in [4.69, 9.17) is 0 Å². The Bertz CT molecular complexity index is 315. The second kappa shape index (κ2) is 11.0. The van der Waals surface area contributed by atoms with Crippen molar-refractivity contribution in [3.8, 4) is 0 Å². The van der Waals surface area contributed by atoms with E-state index in [9.17, 15) is 0 Å². The second-order valence-corrected chi connectivity index (χ2v) is 6.02. The van der Waals surface area contributed by atoms with E-state index in [1.54, 1.807) is 0 Å². The SMILES string of the molecule is CC(C)=CCC/C(C)=C/CC/C(C)=C/CNC(C)C. The van der Waals surface area contributed by atoms with Gasteiger partial charge in [0.25, 0.3) is 0 Å². The second-order valence-electron chi connectivity index (χ2n) is 6.02. The molecule has 0 aliphatic heterocycles. The molecule has 0 aromatic rings. The van der Waals surface area contributed by atoms with Crippen LogP contribution in [0.3, 0.4) is 0 Å². The molecule has 19 heavy (non-hydrogen) atoms. The van der Waals surface area contributed by atoms with Gasteiger partial charge < -0.3 is 5.32 Å². The van der Waals surface area contributed by atoms with Gasteiger partial charge in [-0.2, -0.15) is 0 Å². The quantitative estimate of drug-likeness (QED) is 0.549. The largest absolute Gasteiger partial charge is 0.311 e. The van der Waals surface area contributed by atoms with Gasteiger partial charge in [-0.25, -0.2) is 0 Å². The number of rotatable bonds is 9. The van der Waals surface area contributed by atoms with E-state index in [-0.39, 0.29) is 0 Å². The summed E-state index contributed by atoms with van der Waals surface area (Å²) in [6.45, 7) is 14.2. The van der Waals surface area contributed by atoms with Crippen LogP contribution in [0.2, 0.25) is 0 Å². The van der Waals surface area contributed by atoms with E-state index >= 15 is 0 Å². The Kier molecular flexibility index (Phi) is 10.6. The molecule has 1 heteroatoms. The van der Waals surface area contributed by atoms with Crippen molar-refractivity contribution in [2.24, 2.45) is 0 Å². The zero-order valence-corrected chi connectivity index (χ0v) is 13.8. The highest BCUT2D eigenvalue weighted by molar-refractivity contribution is 5.05. The monoisotopic (exact) mass is 263 g/mol. The zero-order valence-electron chi connectivity index (χ0n) is 13.8. The Morgan fingerprint density at radius 3 is 1.89 bits per heavy atom. The van der Waals surface area contributed by atoms with Crippen molar-refractivity contribution in [3.05, 3.63) is 34.9 Å². The molecule has 0 atom stereocenters. The van der Waals surface area contributed by atoms with E-state index in [1.807, 2.05) is 0 Å². The summed E-state index contributed by atoms with van der Waals surface area (Å²) in [5, 5.41) is 3.42. The zero-order chi connectivity index (χ0) is 14.7. The van der Waals surface area contributed by atoms with Crippen LogP contribution in [0.15, 0.2) is 34.9 Å². The lowest BCUT2D eigenvalue weighted by Crippen LogP contribution is -2.22. The minimum Gasteiger partial charge on any atom is -0.311 e. The Hall–Kier alpha value is -0.820. The van der Waals surface area contributed by atoms with E-state index in [0.29, 0.717) is 6.04 Å². The first-order chi connectivity index (χ1) is 8.91. The normalized spacial score (nSPS) is 13.0. The van der Waals surface area contributed by atoms with Gasteiger partial charge in [0, 0.05) is 12.6 Å². The number of hydrogen-bond donors (Lipinski definition) is 1. The molecule has 0 saturated carbocycles. The smallest absolute Gasteiger partial charge is 0.0139 e. The molecule has 0 saturated heterocycles. The van der Waals surface area contributed by atoms with Crippen LogP contribution in [0.5, 0.6) is 0 Å². The molecule has 0 heterocycles. The molecule has 0 aromatic carbocycles. The van der Waals surface area contributed by atoms with E-state index in [2.05, 4.69) is 65.1 Å². The van der Waals surface area contributed by atoms with Gasteiger partial charge in [-0.3, -0.25) is 0 Å². The minimum absolute atomic E-state index is 0.571. The van der Waals surface area contributed by atoms with E-state index in [0.717, 1.165) is 6.54 Å². The number of nitrogens with one attached hydrogen (secondary N) is 1. The van der Waals surface area contributed by atoms with Gasteiger partial charge in [-0.05, 0) is 53.4 Å². The summed E-state index contributed by atoms with van der Waals surface area (Å²) in [4.78, 5) is 0. The minimum atomic E-state index is 0.571. The summed E-state index contributed by atoms with van der Waals surface area (Å²) >= 11 is 0. The first-order valence-corrected chi connectivity index (χ1v) is 7.59. The number of allylic oxidation sites excluding steroid dienone is 5. The van der Waals surface area contributed by atoms with Gasteiger partial charge in [0.2, 0.25) is 0 Å². The lowest BCUT2D eigenvalue weighted by molar-refractivity contribution is 0.630. The lowest BCUT2D eigenvalue weighted by atomic mass is 10.1. The summed E-state index contributed by atoms with van der Waals surface area (Å²) in [6, 6.07) is 0.571. The Morgan fingerprint density at radius 1 is 0.842 bits per heavy atom. The molecule has 0 spiro atoms. The summed E-state index contributed by atoms with van der Waals surface area (Å²) in [7, 11) is 0. The molecule has 0 aliphatic carbocycles. The highest BCUT2D eigenvalue weighted by Gasteiger charge is 1.93. The first kappa shape index (κ1) is 18.2.